The molecule has 1 N–H and O–H groups in total. The topological polar surface area (TPSA) is 74.7 Å². The third-order valence-electron chi connectivity index (χ3n) is 3.55. The average Bonchev–Trinajstić information content (AvgIpc) is 2.36. The first-order valence-corrected chi connectivity index (χ1v) is 8.45. The molecule has 0 spiro atoms. The smallest absolute Gasteiger partial charge is 0.323 e. The lowest BCUT2D eigenvalue weighted by Gasteiger charge is -2.34. The van der Waals surface area contributed by atoms with Crippen LogP contribution in [0.4, 0.5) is 5.69 Å². The van der Waals surface area contributed by atoms with Gasteiger partial charge in [0.2, 0.25) is 0 Å². The number of nitrogens with zero attached hydrogens (tertiary/aromatic N) is 1. The van der Waals surface area contributed by atoms with Crippen LogP contribution < -0.4 is 4.90 Å². The van der Waals surface area contributed by atoms with Gasteiger partial charge in [-0.2, -0.15) is 0 Å². The monoisotopic (exact) mass is 297 g/mol. The normalized spacial score (nSPS) is 21.4. The summed E-state index contributed by atoms with van der Waals surface area (Å²) < 4.78 is 23.5. The molecule has 1 aromatic rings. The van der Waals surface area contributed by atoms with E-state index < -0.39 is 15.8 Å². The van der Waals surface area contributed by atoms with Crippen molar-refractivity contribution in [1.29, 1.82) is 0 Å². The Morgan fingerprint density at radius 1 is 1.35 bits per heavy atom. The van der Waals surface area contributed by atoms with Gasteiger partial charge in [-0.05, 0) is 31.9 Å². The molecule has 1 unspecified atom stereocenters. The molecule has 1 atom stereocenters. The molecule has 2 rings (SSSR count). The summed E-state index contributed by atoms with van der Waals surface area (Å²) in [5.74, 6) is -0.708. The lowest BCUT2D eigenvalue weighted by Crippen LogP contribution is -2.46. The Balaban J connectivity index is 2.27. The number of benzene rings is 1. The molecule has 0 radical (unpaired) electrons. The van der Waals surface area contributed by atoms with E-state index in [-0.39, 0.29) is 24.1 Å². The number of anilines is 1. The van der Waals surface area contributed by atoms with E-state index in [2.05, 4.69) is 0 Å². The summed E-state index contributed by atoms with van der Waals surface area (Å²) in [5, 5.41) is 9.07. The Kier molecular flexibility index (Phi) is 4.32. The Hall–Kier alpha value is -1.56. The van der Waals surface area contributed by atoms with Crippen molar-refractivity contribution < 1.29 is 18.3 Å². The SMILES string of the molecule is Cc1ccc(N(CC(=O)O)C2CCCS(=O)(=O)C2)cc1. The highest BCUT2D eigenvalue weighted by Gasteiger charge is 2.30. The van der Waals surface area contributed by atoms with E-state index >= 15 is 0 Å². The number of carboxylic acid groups (broad SMARTS) is 1. The standard InChI is InChI=1S/C14H19NO4S/c1-11-4-6-12(7-5-11)15(9-14(16)17)13-3-2-8-20(18,19)10-13/h4-7,13H,2-3,8-10H2,1H3,(H,16,17). The fourth-order valence-electron chi connectivity index (χ4n) is 2.56. The van der Waals surface area contributed by atoms with E-state index in [4.69, 9.17) is 5.11 Å². The van der Waals surface area contributed by atoms with E-state index in [0.717, 1.165) is 11.3 Å². The maximum Gasteiger partial charge on any atom is 0.323 e. The molecule has 6 heteroatoms. The highest BCUT2D eigenvalue weighted by molar-refractivity contribution is 7.91. The predicted molar refractivity (Wildman–Crippen MR) is 77.8 cm³/mol. The first-order valence-electron chi connectivity index (χ1n) is 6.63. The molecule has 1 aliphatic rings. The van der Waals surface area contributed by atoms with Crippen LogP contribution in [0, 0.1) is 6.92 Å². The minimum absolute atomic E-state index is 0.0359. The molecule has 1 aliphatic heterocycles. The number of rotatable bonds is 4. The predicted octanol–water partition coefficient (Wildman–Crippen LogP) is 1.46. The average molecular weight is 297 g/mol. The molecule has 5 nitrogen and oxygen atoms in total. The van der Waals surface area contributed by atoms with Gasteiger partial charge in [-0.1, -0.05) is 17.7 Å². The van der Waals surface area contributed by atoms with Crippen LogP contribution in [0.15, 0.2) is 24.3 Å². The second-order valence-corrected chi connectivity index (χ2v) is 7.50. The van der Waals surface area contributed by atoms with Crippen molar-refractivity contribution in [2.45, 2.75) is 25.8 Å². The van der Waals surface area contributed by atoms with E-state index in [9.17, 15) is 13.2 Å². The maximum atomic E-state index is 11.8. The number of aryl methyl sites for hydroxylation is 1. The summed E-state index contributed by atoms with van der Waals surface area (Å²) in [6, 6.07) is 7.25. The van der Waals surface area contributed by atoms with Gasteiger partial charge in [0, 0.05) is 11.7 Å². The molecule has 0 aliphatic carbocycles. The van der Waals surface area contributed by atoms with Crippen LogP contribution >= 0.6 is 0 Å². The minimum atomic E-state index is -3.06. The number of hydrogen-bond acceptors (Lipinski definition) is 4. The first kappa shape index (κ1) is 14.8. The van der Waals surface area contributed by atoms with Gasteiger partial charge in [-0.15, -0.1) is 0 Å². The number of carboxylic acids is 1. The van der Waals surface area contributed by atoms with Crippen LogP contribution in [0.2, 0.25) is 0 Å². The van der Waals surface area contributed by atoms with Gasteiger partial charge in [0.15, 0.2) is 9.84 Å². The lowest BCUT2D eigenvalue weighted by molar-refractivity contribution is -0.135. The molecule has 0 aromatic heterocycles. The Morgan fingerprint density at radius 2 is 2.00 bits per heavy atom. The number of sulfone groups is 1. The summed E-state index contributed by atoms with van der Waals surface area (Å²) in [6.07, 6.45) is 1.30. The van der Waals surface area contributed by atoms with Gasteiger partial charge in [0.1, 0.15) is 6.54 Å². The van der Waals surface area contributed by atoms with Gasteiger partial charge in [-0.3, -0.25) is 4.79 Å². The summed E-state index contributed by atoms with van der Waals surface area (Å²) in [5.41, 5.74) is 1.85. The molecule has 0 amide bonds. The van der Waals surface area contributed by atoms with Crippen molar-refractivity contribution in [3.05, 3.63) is 29.8 Å². The minimum Gasteiger partial charge on any atom is -0.480 e. The number of hydrogen-bond donors (Lipinski definition) is 1. The second kappa shape index (κ2) is 5.83. The molecule has 1 heterocycles. The van der Waals surface area contributed by atoms with Gasteiger partial charge < -0.3 is 10.0 Å². The van der Waals surface area contributed by atoms with Crippen molar-refractivity contribution in [3.63, 3.8) is 0 Å². The highest BCUT2D eigenvalue weighted by atomic mass is 32.2. The summed E-state index contributed by atoms with van der Waals surface area (Å²) in [4.78, 5) is 12.8. The van der Waals surface area contributed by atoms with Crippen molar-refractivity contribution >= 4 is 21.5 Å². The zero-order valence-electron chi connectivity index (χ0n) is 11.4. The zero-order valence-corrected chi connectivity index (χ0v) is 12.3. The Bertz CT molecular complexity index is 580. The van der Waals surface area contributed by atoms with Crippen molar-refractivity contribution in [2.24, 2.45) is 0 Å². The summed E-state index contributed by atoms with van der Waals surface area (Å²) in [7, 11) is -3.06. The molecule has 0 bridgehead atoms. The van der Waals surface area contributed by atoms with E-state index in [1.165, 1.54) is 0 Å². The molecular formula is C14H19NO4S. The summed E-state index contributed by atoms with van der Waals surface area (Å²) >= 11 is 0. The van der Waals surface area contributed by atoms with Gasteiger partial charge in [0.05, 0.1) is 11.5 Å². The maximum absolute atomic E-state index is 11.8. The van der Waals surface area contributed by atoms with Crippen LogP contribution in [0.1, 0.15) is 18.4 Å². The second-order valence-electron chi connectivity index (χ2n) is 5.27. The fraction of sp³-hybridized carbons (Fsp3) is 0.500. The molecule has 0 saturated carbocycles. The van der Waals surface area contributed by atoms with Gasteiger partial charge in [-0.25, -0.2) is 8.42 Å². The third kappa shape index (κ3) is 3.72. The van der Waals surface area contributed by atoms with Crippen molar-refractivity contribution in [1.82, 2.24) is 0 Å². The highest BCUT2D eigenvalue weighted by Crippen LogP contribution is 2.24. The van der Waals surface area contributed by atoms with Crippen LogP contribution in [0.3, 0.4) is 0 Å². The quantitative estimate of drug-likeness (QED) is 0.910. The fourth-order valence-corrected chi connectivity index (χ4v) is 4.26. The van der Waals surface area contributed by atoms with Crippen LogP contribution in [-0.4, -0.2) is 43.6 Å². The molecular weight excluding hydrogens is 278 g/mol. The lowest BCUT2D eigenvalue weighted by atomic mass is 10.1. The van der Waals surface area contributed by atoms with Crippen molar-refractivity contribution in [3.8, 4) is 0 Å². The largest absolute Gasteiger partial charge is 0.480 e. The van der Waals surface area contributed by atoms with E-state index in [1.807, 2.05) is 31.2 Å². The zero-order chi connectivity index (χ0) is 14.8. The molecule has 1 aromatic carbocycles. The van der Waals surface area contributed by atoms with Crippen LogP contribution in [0.25, 0.3) is 0 Å². The first-order chi connectivity index (χ1) is 9.37. The van der Waals surface area contributed by atoms with Crippen LogP contribution in [0.5, 0.6) is 0 Å². The van der Waals surface area contributed by atoms with Gasteiger partial charge >= 0.3 is 5.97 Å². The molecule has 20 heavy (non-hydrogen) atoms. The molecule has 1 saturated heterocycles. The Labute approximate surface area is 119 Å². The van der Waals surface area contributed by atoms with Gasteiger partial charge in [0.25, 0.3) is 0 Å². The van der Waals surface area contributed by atoms with E-state index in [0.29, 0.717) is 12.8 Å². The number of aliphatic carboxylic acids is 1. The third-order valence-corrected chi connectivity index (χ3v) is 5.35. The molecule has 1 fully saturated rings. The van der Waals surface area contributed by atoms with Crippen LogP contribution in [-0.2, 0) is 14.6 Å². The van der Waals surface area contributed by atoms with E-state index in [1.54, 1.807) is 4.90 Å². The molecule has 110 valence electrons. The Morgan fingerprint density at radius 3 is 2.55 bits per heavy atom. The number of carbonyl (C=O) groups is 1. The summed E-state index contributed by atoms with van der Waals surface area (Å²) in [6.45, 7) is 1.78. The van der Waals surface area contributed by atoms with Crippen molar-refractivity contribution in [2.75, 3.05) is 23.0 Å².